The van der Waals surface area contributed by atoms with Crippen LogP contribution in [0.25, 0.3) is 0 Å². The van der Waals surface area contributed by atoms with Crippen molar-refractivity contribution in [2.45, 2.75) is 63.8 Å². The molecule has 0 atom stereocenters. The third kappa shape index (κ3) is 6.27. The number of hydrogen-bond donors (Lipinski definition) is 1. The average Bonchev–Trinajstić information content (AvgIpc) is 2.93. The fourth-order valence-corrected chi connectivity index (χ4v) is 6.27. The number of nitrogens with zero attached hydrogens (tertiary/aromatic N) is 4. The molecule has 0 saturated carbocycles. The van der Waals surface area contributed by atoms with Crippen LogP contribution in [0.3, 0.4) is 0 Å². The number of piperidine rings is 3. The van der Waals surface area contributed by atoms with Crippen molar-refractivity contribution in [3.05, 3.63) is 58.4 Å². The number of halogens is 1. The highest BCUT2D eigenvalue weighted by Gasteiger charge is 2.32. The monoisotopic (exact) mass is 523 g/mol. The largest absolute Gasteiger partial charge is 0.338 e. The van der Waals surface area contributed by atoms with Crippen molar-refractivity contribution in [1.82, 2.24) is 19.7 Å². The van der Waals surface area contributed by atoms with E-state index in [1.54, 1.807) is 12.1 Å². The number of benzene rings is 1. The predicted molar refractivity (Wildman–Crippen MR) is 147 cm³/mol. The number of urea groups is 1. The lowest BCUT2D eigenvalue weighted by molar-refractivity contribution is 0.0587. The molecule has 3 fully saturated rings. The Morgan fingerprint density at radius 1 is 0.892 bits per heavy atom. The Morgan fingerprint density at radius 2 is 1.59 bits per heavy atom. The lowest BCUT2D eigenvalue weighted by Crippen LogP contribution is -2.48. The van der Waals surface area contributed by atoms with Gasteiger partial charge in [0.25, 0.3) is 5.91 Å². The molecule has 3 saturated heterocycles. The standard InChI is InChI=1S/C29H38ClN5O2/c1-21-8-9-26(28(36)34-18-12-25(13-19-34)33-14-3-2-4-15-33)27(31-21)22-10-16-35(17-11-22)29(37)32-24-7-5-6-23(30)20-24/h5-9,20,22,25H,2-4,10-19H2,1H3,(H,32,37). The highest BCUT2D eigenvalue weighted by Crippen LogP contribution is 2.31. The molecule has 1 N–H and O–H groups in total. The Hall–Kier alpha value is -2.64. The van der Waals surface area contributed by atoms with Crippen LogP contribution in [0.4, 0.5) is 10.5 Å². The second kappa shape index (κ2) is 11.8. The van der Waals surface area contributed by atoms with E-state index in [-0.39, 0.29) is 17.9 Å². The number of carbonyl (C=O) groups excluding carboxylic acids is 2. The lowest BCUT2D eigenvalue weighted by atomic mass is 9.89. The third-order valence-corrected chi connectivity index (χ3v) is 8.43. The minimum absolute atomic E-state index is 0.112. The molecule has 0 spiro atoms. The van der Waals surface area contributed by atoms with Crippen LogP contribution in [0.1, 0.15) is 72.6 Å². The summed E-state index contributed by atoms with van der Waals surface area (Å²) < 4.78 is 0. The number of likely N-dealkylation sites (tertiary alicyclic amines) is 3. The van der Waals surface area contributed by atoms with Gasteiger partial charge in [-0.1, -0.05) is 24.1 Å². The normalized spacial score (nSPS) is 20.2. The van der Waals surface area contributed by atoms with Gasteiger partial charge in [0.05, 0.1) is 11.3 Å². The van der Waals surface area contributed by atoms with Gasteiger partial charge in [0, 0.05) is 54.5 Å². The zero-order chi connectivity index (χ0) is 25.8. The summed E-state index contributed by atoms with van der Waals surface area (Å²) in [4.78, 5) is 37.8. The zero-order valence-electron chi connectivity index (χ0n) is 21.8. The fourth-order valence-electron chi connectivity index (χ4n) is 6.08. The number of hydrogen-bond acceptors (Lipinski definition) is 4. The Balaban J connectivity index is 1.20. The van der Waals surface area contributed by atoms with E-state index in [1.807, 2.05) is 41.0 Å². The van der Waals surface area contributed by atoms with Crippen molar-refractivity contribution in [2.75, 3.05) is 44.6 Å². The molecule has 4 heterocycles. The highest BCUT2D eigenvalue weighted by atomic mass is 35.5. The van der Waals surface area contributed by atoms with E-state index in [9.17, 15) is 9.59 Å². The van der Waals surface area contributed by atoms with Crippen molar-refractivity contribution in [2.24, 2.45) is 0 Å². The molecule has 37 heavy (non-hydrogen) atoms. The van der Waals surface area contributed by atoms with Gasteiger partial charge >= 0.3 is 6.03 Å². The maximum atomic E-state index is 13.6. The van der Waals surface area contributed by atoms with Crippen LogP contribution in [0.5, 0.6) is 0 Å². The van der Waals surface area contributed by atoms with Gasteiger partial charge < -0.3 is 20.0 Å². The van der Waals surface area contributed by atoms with Gasteiger partial charge in [-0.15, -0.1) is 0 Å². The van der Waals surface area contributed by atoms with E-state index in [4.69, 9.17) is 16.6 Å². The fraction of sp³-hybridized carbons (Fsp3) is 0.552. The van der Waals surface area contributed by atoms with Gasteiger partial charge in [-0.3, -0.25) is 9.78 Å². The molecule has 2 aromatic rings. The molecule has 3 amide bonds. The molecule has 1 aromatic heterocycles. The van der Waals surface area contributed by atoms with Gasteiger partial charge in [0.15, 0.2) is 0 Å². The second-order valence-electron chi connectivity index (χ2n) is 10.7. The molecule has 1 aromatic carbocycles. The van der Waals surface area contributed by atoms with Gasteiger partial charge in [-0.25, -0.2) is 4.79 Å². The Kier molecular flexibility index (Phi) is 8.30. The molecular weight excluding hydrogens is 486 g/mol. The van der Waals surface area contributed by atoms with Gasteiger partial charge in [0.1, 0.15) is 0 Å². The van der Waals surface area contributed by atoms with Crippen molar-refractivity contribution in [1.29, 1.82) is 0 Å². The predicted octanol–water partition coefficient (Wildman–Crippen LogP) is 5.55. The minimum atomic E-state index is -0.120. The molecule has 5 rings (SSSR count). The third-order valence-electron chi connectivity index (χ3n) is 8.20. The Bertz CT molecular complexity index is 1100. The summed E-state index contributed by atoms with van der Waals surface area (Å²) in [6.45, 7) is 7.28. The summed E-state index contributed by atoms with van der Waals surface area (Å²) in [5.74, 6) is 0.278. The summed E-state index contributed by atoms with van der Waals surface area (Å²) in [5, 5.41) is 3.53. The number of rotatable bonds is 4. The summed E-state index contributed by atoms with van der Waals surface area (Å²) >= 11 is 6.05. The number of pyridine rings is 1. The molecular formula is C29H38ClN5O2. The van der Waals surface area contributed by atoms with Crippen LogP contribution in [-0.4, -0.2) is 76.9 Å². The number of nitrogens with one attached hydrogen (secondary N) is 1. The average molecular weight is 524 g/mol. The van der Waals surface area contributed by atoms with E-state index >= 15 is 0 Å². The minimum Gasteiger partial charge on any atom is -0.338 e. The van der Waals surface area contributed by atoms with E-state index in [0.29, 0.717) is 29.8 Å². The molecule has 0 bridgehead atoms. The van der Waals surface area contributed by atoms with E-state index in [0.717, 1.165) is 55.7 Å². The molecule has 3 aliphatic heterocycles. The van der Waals surface area contributed by atoms with E-state index in [1.165, 1.54) is 32.4 Å². The van der Waals surface area contributed by atoms with E-state index in [2.05, 4.69) is 10.2 Å². The maximum absolute atomic E-state index is 13.6. The SMILES string of the molecule is Cc1ccc(C(=O)N2CCC(N3CCCCC3)CC2)c(C2CCN(C(=O)Nc3cccc(Cl)c3)CC2)n1. The van der Waals surface area contributed by atoms with Gasteiger partial charge in [-0.2, -0.15) is 0 Å². The molecule has 7 nitrogen and oxygen atoms in total. The van der Waals surface area contributed by atoms with Crippen LogP contribution in [0.2, 0.25) is 5.02 Å². The van der Waals surface area contributed by atoms with Crippen molar-refractivity contribution in [3.8, 4) is 0 Å². The second-order valence-corrected chi connectivity index (χ2v) is 11.1. The zero-order valence-corrected chi connectivity index (χ0v) is 22.6. The van der Waals surface area contributed by atoms with Crippen molar-refractivity contribution in [3.63, 3.8) is 0 Å². The van der Waals surface area contributed by atoms with Gasteiger partial charge in [-0.05, 0) is 88.9 Å². The Morgan fingerprint density at radius 3 is 2.30 bits per heavy atom. The summed E-state index contributed by atoms with van der Waals surface area (Å²) in [6.07, 6.45) is 7.65. The molecule has 8 heteroatoms. The molecule has 198 valence electrons. The number of carbonyl (C=O) groups is 2. The van der Waals surface area contributed by atoms with Crippen molar-refractivity contribution < 1.29 is 9.59 Å². The molecule has 3 aliphatic rings. The summed E-state index contributed by atoms with van der Waals surface area (Å²) in [5.41, 5.74) is 3.26. The van der Waals surface area contributed by atoms with Crippen LogP contribution in [-0.2, 0) is 0 Å². The number of aryl methyl sites for hydroxylation is 1. The van der Waals surface area contributed by atoms with Crippen molar-refractivity contribution >= 4 is 29.2 Å². The van der Waals surface area contributed by atoms with E-state index < -0.39 is 0 Å². The summed E-state index contributed by atoms with van der Waals surface area (Å²) in [7, 11) is 0. The topological polar surface area (TPSA) is 68.8 Å². The molecule has 0 unspecified atom stereocenters. The molecule has 0 aliphatic carbocycles. The van der Waals surface area contributed by atoms with Crippen LogP contribution in [0, 0.1) is 6.92 Å². The first-order valence-electron chi connectivity index (χ1n) is 13.8. The first-order valence-corrected chi connectivity index (χ1v) is 14.2. The number of amides is 3. The number of anilines is 1. The lowest BCUT2D eigenvalue weighted by Gasteiger charge is -2.40. The van der Waals surface area contributed by atoms with Crippen LogP contribution in [0.15, 0.2) is 36.4 Å². The Labute approximate surface area is 225 Å². The maximum Gasteiger partial charge on any atom is 0.321 e. The number of aromatic nitrogens is 1. The van der Waals surface area contributed by atoms with Crippen LogP contribution >= 0.6 is 11.6 Å². The molecule has 0 radical (unpaired) electrons. The summed E-state index contributed by atoms with van der Waals surface area (Å²) in [6, 6.07) is 11.6. The quantitative estimate of drug-likeness (QED) is 0.571. The van der Waals surface area contributed by atoms with Crippen LogP contribution < -0.4 is 5.32 Å². The smallest absolute Gasteiger partial charge is 0.321 e. The highest BCUT2D eigenvalue weighted by molar-refractivity contribution is 6.30. The first-order chi connectivity index (χ1) is 18.0. The van der Waals surface area contributed by atoms with Gasteiger partial charge in [0.2, 0.25) is 0 Å². The first kappa shape index (κ1) is 26.0.